The van der Waals surface area contributed by atoms with Gasteiger partial charge in [-0.25, -0.2) is 0 Å². The Morgan fingerprint density at radius 3 is 2.67 bits per heavy atom. The maximum Gasteiger partial charge on any atom is 0.159 e. The summed E-state index contributed by atoms with van der Waals surface area (Å²) >= 11 is 0. The van der Waals surface area contributed by atoms with E-state index in [0.717, 1.165) is 67.3 Å². The summed E-state index contributed by atoms with van der Waals surface area (Å²) in [6.07, 6.45) is 0. The van der Waals surface area contributed by atoms with E-state index in [1.165, 1.54) is 0 Å². The fourth-order valence-corrected chi connectivity index (χ4v) is 2.76. The predicted octanol–water partition coefficient (Wildman–Crippen LogP) is 2.96. The molecule has 8 heteroatoms. The maximum atomic E-state index is 5.82. The first-order valence-electron chi connectivity index (χ1n) is 7.59. The third kappa shape index (κ3) is 3.89. The van der Waals surface area contributed by atoms with E-state index >= 15 is 0 Å². The number of rotatable bonds is 4. The minimum absolute atomic E-state index is 0. The number of nitrogens with zero attached hydrogens (tertiary/aromatic N) is 3. The van der Waals surface area contributed by atoms with Crippen LogP contribution in [0.4, 0.5) is 5.82 Å². The van der Waals surface area contributed by atoms with Gasteiger partial charge in [-0.05, 0) is 12.1 Å². The molecule has 0 amide bonds. The Labute approximate surface area is 152 Å². The van der Waals surface area contributed by atoms with Gasteiger partial charge in [0.05, 0.1) is 13.2 Å². The van der Waals surface area contributed by atoms with Crippen molar-refractivity contribution >= 4 is 52.7 Å². The molecular weight excluding hydrogens is 351 g/mol. The highest BCUT2D eigenvalue weighted by Gasteiger charge is 2.11. The number of para-hydroxylation sites is 1. The molecule has 0 bridgehead atoms. The number of anilines is 1. The molecule has 2 aromatic heterocycles. The van der Waals surface area contributed by atoms with E-state index in [9.17, 15) is 0 Å². The van der Waals surface area contributed by atoms with E-state index < -0.39 is 0 Å². The summed E-state index contributed by atoms with van der Waals surface area (Å²) < 4.78 is 11.2. The Balaban J connectivity index is 0.00000104. The molecule has 0 saturated carbocycles. The summed E-state index contributed by atoms with van der Waals surface area (Å²) in [6.45, 7) is 5.45. The summed E-state index contributed by atoms with van der Waals surface area (Å²) in [7, 11) is 0. The second kappa shape index (κ2) is 8.48. The maximum absolute atomic E-state index is 5.82. The first kappa shape index (κ1) is 18.7. The van der Waals surface area contributed by atoms with Crippen LogP contribution in [0.2, 0.25) is 0 Å². The second-order valence-electron chi connectivity index (χ2n) is 5.42. The number of nitrogens with one attached hydrogen (secondary N) is 1. The smallest absolute Gasteiger partial charge is 0.159 e. The molecule has 1 N–H and O–H groups in total. The highest BCUT2D eigenvalue weighted by Crippen LogP contribution is 2.27. The van der Waals surface area contributed by atoms with E-state index in [1.807, 2.05) is 30.3 Å². The summed E-state index contributed by atoms with van der Waals surface area (Å²) in [5.41, 5.74) is 2.43. The molecule has 1 saturated heterocycles. The van der Waals surface area contributed by atoms with Gasteiger partial charge in [0.25, 0.3) is 0 Å². The van der Waals surface area contributed by atoms with Crippen LogP contribution in [0.25, 0.3) is 22.1 Å². The predicted molar refractivity (Wildman–Crippen MR) is 99.6 cm³/mol. The summed E-state index contributed by atoms with van der Waals surface area (Å²) in [5.74, 6) is 0.750. The van der Waals surface area contributed by atoms with E-state index in [2.05, 4.69) is 20.4 Å². The molecule has 1 fully saturated rings. The third-order valence-corrected chi connectivity index (χ3v) is 3.96. The van der Waals surface area contributed by atoms with Crippen LogP contribution < -0.4 is 5.32 Å². The average Bonchev–Trinajstić information content (AvgIpc) is 2.93. The van der Waals surface area contributed by atoms with E-state index in [4.69, 9.17) is 9.15 Å². The van der Waals surface area contributed by atoms with Crippen molar-refractivity contribution in [1.82, 2.24) is 15.1 Å². The zero-order chi connectivity index (χ0) is 14.8. The van der Waals surface area contributed by atoms with Crippen LogP contribution in [0.1, 0.15) is 0 Å². The largest absolute Gasteiger partial charge is 0.454 e. The summed E-state index contributed by atoms with van der Waals surface area (Å²) in [5, 5.41) is 12.9. The first-order valence-corrected chi connectivity index (χ1v) is 7.59. The number of fused-ring (bicyclic) bond motifs is 3. The van der Waals surface area contributed by atoms with Crippen LogP contribution in [-0.4, -0.2) is 54.5 Å². The molecule has 0 unspecified atom stereocenters. The van der Waals surface area contributed by atoms with Gasteiger partial charge < -0.3 is 14.5 Å². The van der Waals surface area contributed by atoms with Crippen molar-refractivity contribution in [2.45, 2.75) is 0 Å². The van der Waals surface area contributed by atoms with Gasteiger partial charge in [0.2, 0.25) is 0 Å². The van der Waals surface area contributed by atoms with Gasteiger partial charge >= 0.3 is 0 Å². The molecule has 4 rings (SSSR count). The fraction of sp³-hybridized carbons (Fsp3) is 0.375. The van der Waals surface area contributed by atoms with Crippen LogP contribution in [0, 0.1) is 0 Å². The summed E-state index contributed by atoms with van der Waals surface area (Å²) in [4.78, 5) is 2.38. The number of benzene rings is 1. The van der Waals surface area contributed by atoms with Crippen LogP contribution in [0.5, 0.6) is 0 Å². The van der Waals surface area contributed by atoms with Crippen LogP contribution in [0.15, 0.2) is 34.7 Å². The lowest BCUT2D eigenvalue weighted by Gasteiger charge is -2.26. The highest BCUT2D eigenvalue weighted by atomic mass is 35.5. The molecule has 0 radical (unpaired) electrons. The Morgan fingerprint density at radius 1 is 1.04 bits per heavy atom. The zero-order valence-corrected chi connectivity index (χ0v) is 14.7. The van der Waals surface area contributed by atoms with Gasteiger partial charge in [-0.2, -0.15) is 0 Å². The standard InChI is InChI=1S/C16H18N4O2.2ClH/c1-2-4-13-12(3-1)16-14(22-13)11-15(18-19-16)17-5-6-20-7-9-21-10-8-20;;/h1-4,11H,5-10H2,(H,17,18);2*1H. The minimum Gasteiger partial charge on any atom is -0.454 e. The van der Waals surface area contributed by atoms with Gasteiger partial charge in [-0.15, -0.1) is 35.0 Å². The number of halogens is 2. The molecule has 0 atom stereocenters. The number of hydrogen-bond acceptors (Lipinski definition) is 6. The van der Waals surface area contributed by atoms with Crippen LogP contribution in [0.3, 0.4) is 0 Å². The number of morpholine rings is 1. The quantitative estimate of drug-likeness (QED) is 0.761. The van der Waals surface area contributed by atoms with Crippen molar-refractivity contribution < 1.29 is 9.15 Å². The van der Waals surface area contributed by atoms with Gasteiger partial charge in [0, 0.05) is 37.6 Å². The van der Waals surface area contributed by atoms with Gasteiger partial charge in [-0.3, -0.25) is 4.90 Å². The van der Waals surface area contributed by atoms with Gasteiger partial charge in [0.15, 0.2) is 11.4 Å². The Kier molecular flexibility index (Phi) is 6.62. The fourth-order valence-electron chi connectivity index (χ4n) is 2.76. The van der Waals surface area contributed by atoms with Gasteiger partial charge in [0.1, 0.15) is 11.1 Å². The average molecular weight is 371 g/mol. The first-order chi connectivity index (χ1) is 10.9. The van der Waals surface area contributed by atoms with Crippen molar-refractivity contribution in [3.63, 3.8) is 0 Å². The molecule has 0 aliphatic carbocycles. The normalized spacial score (nSPS) is 15.0. The lowest BCUT2D eigenvalue weighted by atomic mass is 10.2. The Morgan fingerprint density at radius 2 is 1.83 bits per heavy atom. The highest BCUT2D eigenvalue weighted by molar-refractivity contribution is 6.02. The monoisotopic (exact) mass is 370 g/mol. The molecule has 6 nitrogen and oxygen atoms in total. The second-order valence-corrected chi connectivity index (χ2v) is 5.42. The number of aromatic nitrogens is 2. The van der Waals surface area contributed by atoms with E-state index in [-0.39, 0.29) is 24.8 Å². The molecule has 0 spiro atoms. The Bertz CT molecular complexity index is 790. The Hall–Kier alpha value is -1.60. The van der Waals surface area contributed by atoms with Crippen LogP contribution in [-0.2, 0) is 4.74 Å². The number of hydrogen-bond donors (Lipinski definition) is 1. The van der Waals surface area contributed by atoms with E-state index in [1.54, 1.807) is 0 Å². The van der Waals surface area contributed by atoms with Crippen molar-refractivity contribution in [3.8, 4) is 0 Å². The molecular formula is C16H20Cl2N4O2. The number of furan rings is 1. The van der Waals surface area contributed by atoms with E-state index in [0.29, 0.717) is 0 Å². The molecule has 1 aromatic carbocycles. The van der Waals surface area contributed by atoms with Gasteiger partial charge in [-0.1, -0.05) is 12.1 Å². The zero-order valence-electron chi connectivity index (χ0n) is 13.1. The van der Waals surface area contributed by atoms with Crippen molar-refractivity contribution in [2.75, 3.05) is 44.7 Å². The lowest BCUT2D eigenvalue weighted by molar-refractivity contribution is 0.0398. The molecule has 3 aromatic rings. The molecule has 1 aliphatic rings. The van der Waals surface area contributed by atoms with Crippen LogP contribution >= 0.6 is 24.8 Å². The molecule has 24 heavy (non-hydrogen) atoms. The molecule has 1 aliphatic heterocycles. The third-order valence-electron chi connectivity index (χ3n) is 3.96. The topological polar surface area (TPSA) is 63.4 Å². The van der Waals surface area contributed by atoms with Crippen molar-refractivity contribution in [3.05, 3.63) is 30.3 Å². The summed E-state index contributed by atoms with van der Waals surface area (Å²) in [6, 6.07) is 9.80. The molecule has 130 valence electrons. The molecule has 3 heterocycles. The van der Waals surface area contributed by atoms with Crippen molar-refractivity contribution in [1.29, 1.82) is 0 Å². The van der Waals surface area contributed by atoms with Crippen molar-refractivity contribution in [2.24, 2.45) is 0 Å². The SMILES string of the molecule is Cl.Cl.c1ccc2c(c1)oc1cc(NCCN3CCOCC3)nnc12. The number of ether oxygens (including phenoxy) is 1. The minimum atomic E-state index is 0. The lowest BCUT2D eigenvalue weighted by Crippen LogP contribution is -2.39.